The summed E-state index contributed by atoms with van der Waals surface area (Å²) in [6.07, 6.45) is 6.39. The van der Waals surface area contributed by atoms with Crippen LogP contribution in [0.15, 0.2) is 47.3 Å². The number of carbonyl (C=O) groups excluding carboxylic acids is 1. The van der Waals surface area contributed by atoms with Crippen molar-refractivity contribution in [3.63, 3.8) is 0 Å². The molecule has 0 saturated carbocycles. The quantitative estimate of drug-likeness (QED) is 0.653. The first-order chi connectivity index (χ1) is 14.2. The number of aromatic nitrogens is 3. The zero-order chi connectivity index (χ0) is 20.2. The maximum Gasteiger partial charge on any atom is 0.275 e. The molecule has 4 rings (SSSR count). The van der Waals surface area contributed by atoms with Crippen molar-refractivity contribution in [1.29, 1.82) is 0 Å². The Morgan fingerprint density at radius 3 is 2.76 bits per heavy atom. The predicted molar refractivity (Wildman–Crippen MR) is 104 cm³/mol. The highest BCUT2D eigenvalue weighted by atomic mass is 16.5. The number of nitrogens with zero attached hydrogens (tertiary/aromatic N) is 4. The largest absolute Gasteiger partial charge is 0.493 e. The van der Waals surface area contributed by atoms with Gasteiger partial charge in [0.2, 0.25) is 5.88 Å². The van der Waals surface area contributed by atoms with Gasteiger partial charge in [0.25, 0.3) is 5.91 Å². The van der Waals surface area contributed by atoms with Gasteiger partial charge in [-0.1, -0.05) is 12.1 Å². The Morgan fingerprint density at radius 1 is 1.21 bits per heavy atom. The van der Waals surface area contributed by atoms with Crippen LogP contribution in [0.4, 0.5) is 0 Å². The molecule has 8 nitrogen and oxygen atoms in total. The Hall–Kier alpha value is -3.42. The topological polar surface area (TPSA) is 90.6 Å². The van der Waals surface area contributed by atoms with Crippen LogP contribution < -0.4 is 9.47 Å². The second-order valence-electron chi connectivity index (χ2n) is 6.84. The van der Waals surface area contributed by atoms with Gasteiger partial charge in [-0.2, -0.15) is 0 Å². The van der Waals surface area contributed by atoms with Crippen LogP contribution in [-0.4, -0.2) is 46.0 Å². The van der Waals surface area contributed by atoms with Gasteiger partial charge in [0.05, 0.1) is 7.11 Å². The molecule has 0 spiro atoms. The van der Waals surface area contributed by atoms with Gasteiger partial charge in [0.15, 0.2) is 23.1 Å². The van der Waals surface area contributed by atoms with Gasteiger partial charge in [0, 0.05) is 38.3 Å². The number of amides is 1. The number of hydrogen-bond acceptors (Lipinski definition) is 7. The zero-order valence-electron chi connectivity index (χ0n) is 16.4. The van der Waals surface area contributed by atoms with E-state index in [0.717, 1.165) is 18.5 Å². The Bertz CT molecular complexity index is 1000. The van der Waals surface area contributed by atoms with Crippen molar-refractivity contribution in [3.8, 4) is 17.4 Å². The van der Waals surface area contributed by atoms with Crippen molar-refractivity contribution in [2.45, 2.75) is 25.7 Å². The Kier molecular flexibility index (Phi) is 5.41. The van der Waals surface area contributed by atoms with E-state index in [1.165, 1.54) is 6.26 Å². The van der Waals surface area contributed by atoms with Crippen molar-refractivity contribution < 1.29 is 18.7 Å². The molecule has 8 heteroatoms. The number of ether oxygens (including phenoxy) is 2. The summed E-state index contributed by atoms with van der Waals surface area (Å²) in [6.45, 7) is 2.91. The van der Waals surface area contributed by atoms with E-state index < -0.39 is 0 Å². The minimum atomic E-state index is -0.136. The van der Waals surface area contributed by atoms with Gasteiger partial charge in [0.1, 0.15) is 12.0 Å². The molecule has 2 aromatic heterocycles. The van der Waals surface area contributed by atoms with Crippen molar-refractivity contribution in [3.05, 3.63) is 60.2 Å². The van der Waals surface area contributed by atoms with Crippen LogP contribution >= 0.6 is 0 Å². The number of benzene rings is 1. The normalized spacial score (nSPS) is 16.5. The molecule has 0 unspecified atom stereocenters. The summed E-state index contributed by atoms with van der Waals surface area (Å²) in [5.74, 6) is 1.96. The first-order valence-corrected chi connectivity index (χ1v) is 9.49. The third kappa shape index (κ3) is 4.06. The number of rotatable bonds is 5. The average Bonchev–Trinajstić information content (AvgIpc) is 3.20. The van der Waals surface area contributed by atoms with E-state index in [4.69, 9.17) is 13.9 Å². The average molecular weight is 394 g/mol. The van der Waals surface area contributed by atoms with Crippen LogP contribution in [0.3, 0.4) is 0 Å². The second kappa shape index (κ2) is 8.30. The maximum atomic E-state index is 12.8. The molecule has 150 valence electrons. The highest BCUT2D eigenvalue weighted by Crippen LogP contribution is 2.35. The number of aryl methyl sites for hydroxylation is 1. The fraction of sp³-hybridized carbons (Fsp3) is 0.333. The van der Waals surface area contributed by atoms with E-state index in [-0.39, 0.29) is 11.8 Å². The molecule has 1 saturated heterocycles. The fourth-order valence-electron chi connectivity index (χ4n) is 3.51. The summed E-state index contributed by atoms with van der Waals surface area (Å²) in [4.78, 5) is 27.6. The lowest BCUT2D eigenvalue weighted by Crippen LogP contribution is -2.39. The maximum absolute atomic E-state index is 12.8. The van der Waals surface area contributed by atoms with Crippen LogP contribution in [0, 0.1) is 6.92 Å². The predicted octanol–water partition coefficient (Wildman–Crippen LogP) is 3.59. The van der Waals surface area contributed by atoms with E-state index in [2.05, 4.69) is 15.0 Å². The molecule has 0 N–H and O–H groups in total. The van der Waals surface area contributed by atoms with E-state index in [1.54, 1.807) is 31.3 Å². The molecule has 1 aliphatic rings. The molecule has 29 heavy (non-hydrogen) atoms. The van der Waals surface area contributed by atoms with Gasteiger partial charge >= 0.3 is 0 Å². The van der Waals surface area contributed by atoms with Gasteiger partial charge in [-0.15, -0.1) is 0 Å². The van der Waals surface area contributed by atoms with E-state index in [9.17, 15) is 4.79 Å². The number of para-hydroxylation sites is 2. The summed E-state index contributed by atoms with van der Waals surface area (Å²) in [5.41, 5.74) is 1.06. The van der Waals surface area contributed by atoms with Crippen LogP contribution in [0.2, 0.25) is 0 Å². The molecular weight excluding hydrogens is 372 g/mol. The van der Waals surface area contributed by atoms with Crippen LogP contribution in [0.1, 0.15) is 40.8 Å². The highest BCUT2D eigenvalue weighted by Gasteiger charge is 2.30. The Balaban J connectivity index is 1.56. The van der Waals surface area contributed by atoms with Gasteiger partial charge < -0.3 is 18.8 Å². The lowest BCUT2D eigenvalue weighted by atomic mass is 9.94. The smallest absolute Gasteiger partial charge is 0.275 e. The highest BCUT2D eigenvalue weighted by molar-refractivity contribution is 5.92. The summed E-state index contributed by atoms with van der Waals surface area (Å²) in [7, 11) is 1.59. The SMILES string of the molecule is COc1ccccc1Oc1nccnc1[C@@H]1CCCN(C(=O)c2coc(C)n2)C1. The lowest BCUT2D eigenvalue weighted by molar-refractivity contribution is 0.0698. The van der Waals surface area contributed by atoms with Gasteiger partial charge in [-0.05, 0) is 25.0 Å². The van der Waals surface area contributed by atoms with E-state index in [0.29, 0.717) is 42.1 Å². The summed E-state index contributed by atoms with van der Waals surface area (Å²) in [5, 5.41) is 0. The second-order valence-corrected chi connectivity index (χ2v) is 6.84. The molecule has 0 bridgehead atoms. The van der Waals surface area contributed by atoms with Crippen molar-refractivity contribution >= 4 is 5.91 Å². The minimum Gasteiger partial charge on any atom is -0.493 e. The van der Waals surface area contributed by atoms with E-state index in [1.807, 2.05) is 24.3 Å². The Morgan fingerprint density at radius 2 is 2.00 bits per heavy atom. The van der Waals surface area contributed by atoms with Crippen LogP contribution in [0.5, 0.6) is 17.4 Å². The number of hydrogen-bond donors (Lipinski definition) is 0. The Labute approximate surface area is 168 Å². The molecule has 3 heterocycles. The van der Waals surface area contributed by atoms with Crippen molar-refractivity contribution in [1.82, 2.24) is 19.9 Å². The lowest BCUT2D eigenvalue weighted by Gasteiger charge is -2.32. The zero-order valence-corrected chi connectivity index (χ0v) is 16.4. The number of likely N-dealkylation sites (tertiary alicyclic amines) is 1. The number of carbonyl (C=O) groups is 1. The third-order valence-electron chi connectivity index (χ3n) is 4.90. The van der Waals surface area contributed by atoms with Crippen molar-refractivity contribution in [2.24, 2.45) is 0 Å². The third-order valence-corrected chi connectivity index (χ3v) is 4.90. The first-order valence-electron chi connectivity index (χ1n) is 9.49. The first kappa shape index (κ1) is 18.9. The molecule has 1 aliphatic heterocycles. The molecule has 1 atom stereocenters. The molecule has 0 radical (unpaired) electrons. The van der Waals surface area contributed by atoms with Crippen LogP contribution in [0.25, 0.3) is 0 Å². The van der Waals surface area contributed by atoms with Crippen molar-refractivity contribution in [2.75, 3.05) is 20.2 Å². The molecule has 3 aromatic rings. The molecular formula is C21H22N4O4. The molecule has 1 fully saturated rings. The number of methoxy groups -OCH3 is 1. The molecule has 1 amide bonds. The fourth-order valence-corrected chi connectivity index (χ4v) is 3.51. The van der Waals surface area contributed by atoms with Gasteiger partial charge in [-0.25, -0.2) is 9.97 Å². The monoisotopic (exact) mass is 394 g/mol. The van der Waals surface area contributed by atoms with E-state index >= 15 is 0 Å². The molecule has 0 aliphatic carbocycles. The summed E-state index contributed by atoms with van der Waals surface area (Å²) < 4.78 is 16.6. The number of oxazole rings is 1. The summed E-state index contributed by atoms with van der Waals surface area (Å²) in [6, 6.07) is 7.39. The molecule has 1 aromatic carbocycles. The standard InChI is InChI=1S/C21H22N4O4/c1-14-24-16(13-28-14)21(26)25-11-5-6-15(12-25)19-20(23-10-9-22-19)29-18-8-4-3-7-17(18)27-2/h3-4,7-10,13,15H,5-6,11-12H2,1-2H3/t15-/m1/s1. The summed E-state index contributed by atoms with van der Waals surface area (Å²) >= 11 is 0. The minimum absolute atomic E-state index is 0.0131. The van der Waals surface area contributed by atoms with Crippen LogP contribution in [-0.2, 0) is 0 Å². The van der Waals surface area contributed by atoms with Gasteiger partial charge in [-0.3, -0.25) is 9.78 Å². The number of piperidine rings is 1.